The van der Waals surface area contributed by atoms with Crippen molar-refractivity contribution in [1.82, 2.24) is 30.3 Å². The average molecular weight is 334 g/mol. The zero-order chi connectivity index (χ0) is 16.8. The molecule has 0 aliphatic carbocycles. The summed E-state index contributed by atoms with van der Waals surface area (Å²) in [7, 11) is 0. The standard InChI is InChI=1S/C17H30N6O/c1-2-8-22-10-7-14(13-22)11-18-17(24)19-12-16-21-20-15-6-4-3-5-9-23(15)16/h14H,2-13H2,1H3,(H2,18,19,24). The number of carbonyl (C=O) groups is 1. The highest BCUT2D eigenvalue weighted by atomic mass is 16.2. The van der Waals surface area contributed by atoms with Gasteiger partial charge >= 0.3 is 6.03 Å². The van der Waals surface area contributed by atoms with Crippen LogP contribution in [0.1, 0.15) is 50.7 Å². The zero-order valence-electron chi connectivity index (χ0n) is 14.8. The van der Waals surface area contributed by atoms with Gasteiger partial charge in [-0.15, -0.1) is 10.2 Å². The topological polar surface area (TPSA) is 75.1 Å². The summed E-state index contributed by atoms with van der Waals surface area (Å²) in [4.78, 5) is 14.5. The van der Waals surface area contributed by atoms with E-state index >= 15 is 0 Å². The molecule has 7 heteroatoms. The summed E-state index contributed by atoms with van der Waals surface area (Å²) < 4.78 is 2.17. The highest BCUT2D eigenvalue weighted by Crippen LogP contribution is 2.15. The van der Waals surface area contributed by atoms with Crippen LogP contribution in [0.25, 0.3) is 0 Å². The summed E-state index contributed by atoms with van der Waals surface area (Å²) in [6, 6.07) is -0.102. The van der Waals surface area contributed by atoms with Crippen molar-refractivity contribution in [1.29, 1.82) is 0 Å². The summed E-state index contributed by atoms with van der Waals surface area (Å²) in [6.07, 6.45) is 6.96. The van der Waals surface area contributed by atoms with E-state index in [0.717, 1.165) is 44.2 Å². The molecule has 0 aromatic carbocycles. The molecule has 7 nitrogen and oxygen atoms in total. The second-order valence-electron chi connectivity index (χ2n) is 7.01. The van der Waals surface area contributed by atoms with Crippen molar-refractivity contribution in [3.05, 3.63) is 11.6 Å². The molecule has 0 spiro atoms. The van der Waals surface area contributed by atoms with Gasteiger partial charge in [0.2, 0.25) is 0 Å². The summed E-state index contributed by atoms with van der Waals surface area (Å²) >= 11 is 0. The quantitative estimate of drug-likeness (QED) is 0.827. The monoisotopic (exact) mass is 334 g/mol. The van der Waals surface area contributed by atoms with Gasteiger partial charge in [0.1, 0.15) is 5.82 Å². The number of amides is 2. The molecule has 2 aliphatic heterocycles. The van der Waals surface area contributed by atoms with Crippen LogP contribution in [0.5, 0.6) is 0 Å². The Balaban J connectivity index is 1.39. The smallest absolute Gasteiger partial charge is 0.315 e. The van der Waals surface area contributed by atoms with E-state index < -0.39 is 0 Å². The van der Waals surface area contributed by atoms with Crippen LogP contribution in [-0.2, 0) is 19.5 Å². The third-order valence-electron chi connectivity index (χ3n) is 5.05. The number of carbonyl (C=O) groups excluding carboxylic acids is 1. The minimum absolute atomic E-state index is 0.102. The van der Waals surface area contributed by atoms with E-state index in [-0.39, 0.29) is 6.03 Å². The first-order valence-corrected chi connectivity index (χ1v) is 9.41. The Morgan fingerprint density at radius 2 is 2.12 bits per heavy atom. The number of nitrogens with one attached hydrogen (secondary N) is 2. The van der Waals surface area contributed by atoms with Crippen molar-refractivity contribution in [3.8, 4) is 0 Å². The van der Waals surface area contributed by atoms with Gasteiger partial charge in [-0.3, -0.25) is 0 Å². The molecule has 0 saturated carbocycles. The fourth-order valence-electron chi connectivity index (χ4n) is 3.73. The molecule has 2 amide bonds. The van der Waals surface area contributed by atoms with Gasteiger partial charge in [0, 0.05) is 26.1 Å². The maximum Gasteiger partial charge on any atom is 0.315 e. The number of fused-ring (bicyclic) bond motifs is 1. The van der Waals surface area contributed by atoms with Gasteiger partial charge in [0.05, 0.1) is 6.54 Å². The first-order valence-electron chi connectivity index (χ1n) is 9.41. The lowest BCUT2D eigenvalue weighted by Gasteiger charge is -2.15. The molecule has 1 atom stereocenters. The van der Waals surface area contributed by atoms with E-state index in [2.05, 4.69) is 37.2 Å². The number of rotatable bonds is 6. The zero-order valence-corrected chi connectivity index (χ0v) is 14.8. The Labute approximate surface area is 144 Å². The van der Waals surface area contributed by atoms with Crippen LogP contribution < -0.4 is 10.6 Å². The van der Waals surface area contributed by atoms with Gasteiger partial charge in [0.25, 0.3) is 0 Å². The van der Waals surface area contributed by atoms with E-state index in [0.29, 0.717) is 12.5 Å². The summed E-state index contributed by atoms with van der Waals surface area (Å²) in [6.45, 7) is 7.82. The first kappa shape index (κ1) is 17.2. The molecule has 1 unspecified atom stereocenters. The number of hydrogen-bond donors (Lipinski definition) is 2. The average Bonchev–Trinajstić information content (AvgIpc) is 3.12. The fraction of sp³-hybridized carbons (Fsp3) is 0.824. The molecule has 24 heavy (non-hydrogen) atoms. The van der Waals surface area contributed by atoms with Crippen molar-refractivity contribution in [3.63, 3.8) is 0 Å². The first-order chi connectivity index (χ1) is 11.8. The van der Waals surface area contributed by atoms with Gasteiger partial charge in [-0.25, -0.2) is 4.79 Å². The molecule has 1 aromatic rings. The summed E-state index contributed by atoms with van der Waals surface area (Å²) in [5, 5.41) is 14.4. The van der Waals surface area contributed by atoms with E-state index in [1.165, 1.54) is 38.6 Å². The SMILES string of the molecule is CCCN1CCC(CNC(=O)NCc2nnc3n2CCCCC3)C1. The lowest BCUT2D eigenvalue weighted by molar-refractivity contribution is 0.237. The molecule has 3 heterocycles. The Morgan fingerprint density at radius 3 is 3.00 bits per heavy atom. The van der Waals surface area contributed by atoms with Crippen molar-refractivity contribution in [2.75, 3.05) is 26.2 Å². The minimum atomic E-state index is -0.102. The van der Waals surface area contributed by atoms with E-state index in [1.54, 1.807) is 0 Å². The number of aromatic nitrogens is 3. The van der Waals surface area contributed by atoms with Gasteiger partial charge in [-0.1, -0.05) is 13.3 Å². The van der Waals surface area contributed by atoms with Crippen molar-refractivity contribution >= 4 is 6.03 Å². The molecule has 2 N–H and O–H groups in total. The fourth-order valence-corrected chi connectivity index (χ4v) is 3.73. The molecule has 0 radical (unpaired) electrons. The van der Waals surface area contributed by atoms with Gasteiger partial charge < -0.3 is 20.1 Å². The highest BCUT2D eigenvalue weighted by molar-refractivity contribution is 5.73. The molecule has 134 valence electrons. The Hall–Kier alpha value is -1.63. The van der Waals surface area contributed by atoms with Gasteiger partial charge in [-0.2, -0.15) is 0 Å². The summed E-state index contributed by atoms with van der Waals surface area (Å²) in [5.74, 6) is 2.51. The predicted octanol–water partition coefficient (Wildman–Crippen LogP) is 1.54. The maximum absolute atomic E-state index is 12.0. The van der Waals surface area contributed by atoms with E-state index in [9.17, 15) is 4.79 Å². The Bertz CT molecular complexity index is 543. The van der Waals surface area contributed by atoms with Gasteiger partial charge in [-0.05, 0) is 44.7 Å². The lowest BCUT2D eigenvalue weighted by atomic mass is 10.1. The molecule has 1 saturated heterocycles. The normalized spacial score (nSPS) is 21.3. The van der Waals surface area contributed by atoms with Gasteiger partial charge in [0.15, 0.2) is 5.82 Å². The molecule has 1 aromatic heterocycles. The third kappa shape index (κ3) is 4.47. The van der Waals surface area contributed by atoms with Crippen LogP contribution in [-0.4, -0.2) is 51.9 Å². The highest BCUT2D eigenvalue weighted by Gasteiger charge is 2.22. The van der Waals surface area contributed by atoms with Crippen LogP contribution in [0.2, 0.25) is 0 Å². The largest absolute Gasteiger partial charge is 0.338 e. The second kappa shape index (κ2) is 8.46. The van der Waals surface area contributed by atoms with Crippen LogP contribution in [0, 0.1) is 5.92 Å². The van der Waals surface area contributed by atoms with E-state index in [1.807, 2.05) is 0 Å². The van der Waals surface area contributed by atoms with Crippen molar-refractivity contribution < 1.29 is 4.79 Å². The Morgan fingerprint density at radius 1 is 1.21 bits per heavy atom. The third-order valence-corrected chi connectivity index (χ3v) is 5.05. The van der Waals surface area contributed by atoms with Crippen LogP contribution >= 0.6 is 0 Å². The van der Waals surface area contributed by atoms with E-state index in [4.69, 9.17) is 0 Å². The van der Waals surface area contributed by atoms with Crippen molar-refractivity contribution in [2.45, 2.75) is 58.5 Å². The second-order valence-corrected chi connectivity index (χ2v) is 7.01. The number of aryl methyl sites for hydroxylation is 1. The number of hydrogen-bond acceptors (Lipinski definition) is 4. The maximum atomic E-state index is 12.0. The lowest BCUT2D eigenvalue weighted by Crippen LogP contribution is -2.39. The van der Waals surface area contributed by atoms with Crippen LogP contribution in [0.3, 0.4) is 0 Å². The molecule has 2 aliphatic rings. The molecule has 0 bridgehead atoms. The molecular formula is C17H30N6O. The molecule has 1 fully saturated rings. The van der Waals surface area contributed by atoms with Crippen LogP contribution in [0.15, 0.2) is 0 Å². The number of nitrogens with zero attached hydrogens (tertiary/aromatic N) is 4. The number of likely N-dealkylation sites (tertiary alicyclic amines) is 1. The minimum Gasteiger partial charge on any atom is -0.338 e. The van der Waals surface area contributed by atoms with Crippen molar-refractivity contribution in [2.24, 2.45) is 5.92 Å². The molecular weight excluding hydrogens is 304 g/mol. The Kier molecular flexibility index (Phi) is 6.07. The molecule has 3 rings (SSSR count). The van der Waals surface area contributed by atoms with Crippen LogP contribution in [0.4, 0.5) is 4.79 Å². The predicted molar refractivity (Wildman–Crippen MR) is 92.7 cm³/mol. The number of urea groups is 1. The summed E-state index contributed by atoms with van der Waals surface area (Å²) in [5.41, 5.74) is 0.